The number of hydrogen-bond donors (Lipinski definition) is 2. The molecule has 1 aliphatic rings. The Morgan fingerprint density at radius 3 is 2.64 bits per heavy atom. The summed E-state index contributed by atoms with van der Waals surface area (Å²) in [5.74, 6) is -0.277. The van der Waals surface area contributed by atoms with Crippen molar-refractivity contribution < 1.29 is 14.3 Å². The van der Waals surface area contributed by atoms with Crippen LogP contribution in [0.15, 0.2) is 51.7 Å². The monoisotopic (exact) mass is 337 g/mol. The lowest BCUT2D eigenvalue weighted by atomic mass is 9.92. The molecule has 2 atom stereocenters. The van der Waals surface area contributed by atoms with Crippen molar-refractivity contribution in [1.29, 1.82) is 0 Å². The fourth-order valence-corrected chi connectivity index (χ4v) is 3.48. The molecule has 25 heavy (non-hydrogen) atoms. The molecule has 1 aliphatic carbocycles. The minimum Gasteiger partial charge on any atom is -0.456 e. The highest BCUT2D eigenvalue weighted by Gasteiger charge is 2.25. The van der Waals surface area contributed by atoms with E-state index in [0.29, 0.717) is 33.9 Å². The average molecular weight is 337 g/mol. The number of nitrogens with one attached hydrogen (secondary N) is 1. The van der Waals surface area contributed by atoms with E-state index in [2.05, 4.69) is 5.32 Å². The van der Waals surface area contributed by atoms with Gasteiger partial charge < -0.3 is 14.8 Å². The summed E-state index contributed by atoms with van der Waals surface area (Å²) in [6, 6.07) is 11.7. The molecule has 0 radical (unpaired) electrons. The first-order valence-electron chi connectivity index (χ1n) is 8.58. The van der Waals surface area contributed by atoms with Crippen molar-refractivity contribution >= 4 is 27.8 Å². The van der Waals surface area contributed by atoms with E-state index in [0.717, 1.165) is 19.3 Å². The molecule has 0 unspecified atom stereocenters. The lowest BCUT2D eigenvalue weighted by Gasteiger charge is -2.28. The number of amides is 1. The Balaban J connectivity index is 1.70. The number of para-hydroxylation sites is 1. The zero-order valence-electron chi connectivity index (χ0n) is 13.7. The Labute approximate surface area is 144 Å². The molecule has 1 amide bonds. The van der Waals surface area contributed by atoms with Gasteiger partial charge in [0, 0.05) is 5.56 Å². The number of fused-ring (bicyclic) bond motifs is 2. The topological polar surface area (TPSA) is 79.5 Å². The molecule has 5 nitrogen and oxygen atoms in total. The molecule has 5 heteroatoms. The van der Waals surface area contributed by atoms with E-state index in [1.165, 1.54) is 0 Å². The van der Waals surface area contributed by atoms with Gasteiger partial charge in [-0.05, 0) is 43.2 Å². The van der Waals surface area contributed by atoms with E-state index in [4.69, 9.17) is 4.42 Å². The van der Waals surface area contributed by atoms with Crippen molar-refractivity contribution in [2.24, 2.45) is 0 Å². The van der Waals surface area contributed by atoms with Crippen LogP contribution in [0.4, 0.5) is 0 Å². The van der Waals surface area contributed by atoms with Gasteiger partial charge in [0.05, 0.1) is 22.9 Å². The van der Waals surface area contributed by atoms with Crippen LogP contribution < -0.4 is 10.7 Å². The van der Waals surface area contributed by atoms with Crippen LogP contribution in [0.2, 0.25) is 0 Å². The summed E-state index contributed by atoms with van der Waals surface area (Å²) in [4.78, 5) is 25.2. The first-order chi connectivity index (χ1) is 12.1. The molecule has 1 heterocycles. The van der Waals surface area contributed by atoms with Gasteiger partial charge in [0.1, 0.15) is 11.2 Å². The first-order valence-corrected chi connectivity index (χ1v) is 8.58. The molecule has 128 valence electrons. The molecule has 0 bridgehead atoms. The number of rotatable bonds is 2. The second-order valence-electron chi connectivity index (χ2n) is 6.57. The Morgan fingerprint density at radius 1 is 1.04 bits per heavy atom. The molecule has 1 fully saturated rings. The third-order valence-electron chi connectivity index (χ3n) is 4.88. The van der Waals surface area contributed by atoms with Gasteiger partial charge in [-0.1, -0.05) is 25.0 Å². The lowest BCUT2D eigenvalue weighted by molar-refractivity contribution is 0.0717. The Bertz CT molecular complexity index is 1010. The van der Waals surface area contributed by atoms with Crippen LogP contribution in [0.3, 0.4) is 0 Å². The molecule has 0 aliphatic heterocycles. The van der Waals surface area contributed by atoms with E-state index >= 15 is 0 Å². The van der Waals surface area contributed by atoms with Gasteiger partial charge in [0.2, 0.25) is 5.43 Å². The summed E-state index contributed by atoms with van der Waals surface area (Å²) in [6.07, 6.45) is 2.95. The van der Waals surface area contributed by atoms with Crippen molar-refractivity contribution in [2.45, 2.75) is 37.8 Å². The molecular formula is C20H19NO4. The van der Waals surface area contributed by atoms with E-state index in [9.17, 15) is 14.7 Å². The van der Waals surface area contributed by atoms with Crippen LogP contribution in [-0.4, -0.2) is 23.2 Å². The normalized spacial score (nSPS) is 20.7. The highest BCUT2D eigenvalue weighted by molar-refractivity contribution is 5.99. The van der Waals surface area contributed by atoms with Crippen molar-refractivity contribution in [3.63, 3.8) is 0 Å². The van der Waals surface area contributed by atoms with Gasteiger partial charge in [-0.2, -0.15) is 0 Å². The lowest BCUT2D eigenvalue weighted by Crippen LogP contribution is -2.45. The third-order valence-corrected chi connectivity index (χ3v) is 4.88. The number of aliphatic hydroxyl groups is 1. The Morgan fingerprint density at radius 2 is 1.80 bits per heavy atom. The number of benzene rings is 2. The largest absolute Gasteiger partial charge is 0.456 e. The second kappa shape index (κ2) is 6.33. The maximum absolute atomic E-state index is 12.7. The van der Waals surface area contributed by atoms with Crippen LogP contribution in [0.1, 0.15) is 36.0 Å². The Hall–Kier alpha value is -2.66. The van der Waals surface area contributed by atoms with E-state index in [1.807, 2.05) is 6.07 Å². The maximum Gasteiger partial charge on any atom is 0.251 e. The summed E-state index contributed by atoms with van der Waals surface area (Å²) in [5.41, 5.74) is 1.23. The van der Waals surface area contributed by atoms with Crippen molar-refractivity contribution in [2.75, 3.05) is 0 Å². The molecular weight excluding hydrogens is 318 g/mol. The van der Waals surface area contributed by atoms with E-state index < -0.39 is 6.10 Å². The number of carbonyl (C=O) groups excluding carboxylic acids is 1. The summed E-state index contributed by atoms with van der Waals surface area (Å²) in [6.45, 7) is 0. The zero-order valence-corrected chi connectivity index (χ0v) is 13.7. The Kier molecular flexibility index (Phi) is 4.01. The number of aliphatic hydroxyl groups excluding tert-OH is 1. The first kappa shape index (κ1) is 15.8. The highest BCUT2D eigenvalue weighted by Crippen LogP contribution is 2.21. The molecule has 4 rings (SSSR count). The van der Waals surface area contributed by atoms with Gasteiger partial charge in [-0.3, -0.25) is 9.59 Å². The molecule has 0 spiro atoms. The fourth-order valence-electron chi connectivity index (χ4n) is 3.48. The predicted octanol–water partition coefficient (Wildman–Crippen LogP) is 2.98. The van der Waals surface area contributed by atoms with Crippen LogP contribution in [0.5, 0.6) is 0 Å². The van der Waals surface area contributed by atoms with Gasteiger partial charge in [0.25, 0.3) is 5.91 Å². The third kappa shape index (κ3) is 2.91. The zero-order chi connectivity index (χ0) is 17.4. The van der Waals surface area contributed by atoms with Crippen molar-refractivity contribution in [3.05, 3.63) is 58.3 Å². The van der Waals surface area contributed by atoms with Crippen molar-refractivity contribution in [1.82, 2.24) is 5.32 Å². The van der Waals surface area contributed by atoms with E-state index in [1.54, 1.807) is 36.4 Å². The average Bonchev–Trinajstić information content (AvgIpc) is 2.63. The van der Waals surface area contributed by atoms with Crippen LogP contribution in [0.25, 0.3) is 21.9 Å². The standard InChI is InChI=1S/C20H19NO4/c22-16-7-3-2-6-15(16)21-20(24)12-9-10-18-14(11-12)19(23)13-5-1-4-8-17(13)25-18/h1,4-5,8-11,15-16,22H,2-3,6-7H2,(H,21,24)/t15-,16-/m1/s1. The molecule has 1 saturated carbocycles. The summed E-state index contributed by atoms with van der Waals surface area (Å²) >= 11 is 0. The minimum absolute atomic E-state index is 0.149. The van der Waals surface area contributed by atoms with Crippen LogP contribution in [0, 0.1) is 0 Å². The van der Waals surface area contributed by atoms with Gasteiger partial charge in [0.15, 0.2) is 0 Å². The minimum atomic E-state index is -0.507. The fraction of sp³-hybridized carbons (Fsp3) is 0.300. The molecule has 2 N–H and O–H groups in total. The molecule has 1 aromatic heterocycles. The summed E-state index contributed by atoms with van der Waals surface area (Å²) < 4.78 is 5.76. The summed E-state index contributed by atoms with van der Waals surface area (Å²) in [5, 5.41) is 13.8. The molecule has 0 saturated heterocycles. The predicted molar refractivity (Wildman–Crippen MR) is 95.7 cm³/mol. The summed E-state index contributed by atoms with van der Waals surface area (Å²) in [7, 11) is 0. The number of carbonyl (C=O) groups is 1. The number of hydrogen-bond acceptors (Lipinski definition) is 4. The maximum atomic E-state index is 12.7. The quantitative estimate of drug-likeness (QED) is 0.705. The van der Waals surface area contributed by atoms with Crippen LogP contribution in [-0.2, 0) is 0 Å². The smallest absolute Gasteiger partial charge is 0.251 e. The van der Waals surface area contributed by atoms with Crippen molar-refractivity contribution in [3.8, 4) is 0 Å². The van der Waals surface area contributed by atoms with Gasteiger partial charge in [-0.25, -0.2) is 0 Å². The van der Waals surface area contributed by atoms with Gasteiger partial charge >= 0.3 is 0 Å². The van der Waals surface area contributed by atoms with Gasteiger partial charge in [-0.15, -0.1) is 0 Å². The molecule has 2 aromatic carbocycles. The van der Waals surface area contributed by atoms with E-state index in [-0.39, 0.29) is 17.4 Å². The highest BCUT2D eigenvalue weighted by atomic mass is 16.3. The SMILES string of the molecule is O=C(N[C@@H]1CCCC[C@H]1O)c1ccc2oc3ccccc3c(=O)c2c1. The molecule has 3 aromatic rings. The second-order valence-corrected chi connectivity index (χ2v) is 6.57. The van der Waals surface area contributed by atoms with Crippen LogP contribution >= 0.6 is 0 Å².